The maximum absolute atomic E-state index is 13.8. The van der Waals surface area contributed by atoms with E-state index in [0.29, 0.717) is 18.4 Å². The second-order valence-corrected chi connectivity index (χ2v) is 8.16. The highest BCUT2D eigenvalue weighted by Gasteiger charge is 2.48. The smallest absolute Gasteiger partial charge is 0.337 e. The minimum Gasteiger partial charge on any atom is -0.465 e. The van der Waals surface area contributed by atoms with Gasteiger partial charge in [0.2, 0.25) is 0 Å². The molecule has 3 aromatic carbocycles. The molecular weight excluding hydrogens is 396 g/mol. The lowest BCUT2D eigenvalue weighted by atomic mass is 9.71. The third-order valence-electron chi connectivity index (χ3n) is 6.45. The molecule has 3 nitrogen and oxygen atoms in total. The number of methoxy groups -OCH3 is 1. The van der Waals surface area contributed by atoms with Crippen molar-refractivity contribution < 1.29 is 14.3 Å². The zero-order valence-corrected chi connectivity index (χ0v) is 18.9. The van der Waals surface area contributed by atoms with Gasteiger partial charge >= 0.3 is 5.97 Å². The van der Waals surface area contributed by atoms with Crippen LogP contribution >= 0.6 is 0 Å². The average molecular weight is 425 g/mol. The Labute approximate surface area is 189 Å². The lowest BCUT2D eigenvalue weighted by molar-refractivity contribution is 0.0600. The summed E-state index contributed by atoms with van der Waals surface area (Å²) < 4.78 is 4.80. The van der Waals surface area contributed by atoms with Crippen LogP contribution < -0.4 is 0 Å². The summed E-state index contributed by atoms with van der Waals surface area (Å²) in [5.41, 5.74) is 6.58. The number of carbonyl (C=O) groups excluding carboxylic acids is 2. The first-order chi connectivity index (χ1) is 15.6. The molecule has 3 aromatic rings. The van der Waals surface area contributed by atoms with Crippen LogP contribution in [0.2, 0.25) is 0 Å². The highest BCUT2D eigenvalue weighted by molar-refractivity contribution is 6.08. The van der Waals surface area contributed by atoms with E-state index in [0.717, 1.165) is 23.1 Å². The van der Waals surface area contributed by atoms with Crippen molar-refractivity contribution >= 4 is 17.8 Å². The number of hydrogen-bond acceptors (Lipinski definition) is 3. The second kappa shape index (κ2) is 8.96. The lowest BCUT2D eigenvalue weighted by Crippen LogP contribution is -2.33. The molecule has 0 bridgehead atoms. The molecule has 0 amide bonds. The van der Waals surface area contributed by atoms with Gasteiger partial charge in [-0.2, -0.15) is 0 Å². The van der Waals surface area contributed by atoms with E-state index in [9.17, 15) is 9.59 Å². The Morgan fingerprint density at radius 3 is 2.22 bits per heavy atom. The third kappa shape index (κ3) is 3.69. The number of ether oxygens (including phenoxy) is 1. The number of hydrogen-bond donors (Lipinski definition) is 0. The average Bonchev–Trinajstić information content (AvgIpc) is 3.41. The van der Waals surface area contributed by atoms with Crippen molar-refractivity contribution in [2.75, 3.05) is 7.11 Å². The zero-order valence-electron chi connectivity index (χ0n) is 18.9. The van der Waals surface area contributed by atoms with Crippen molar-refractivity contribution in [3.8, 4) is 0 Å². The lowest BCUT2D eigenvalue weighted by Gasteiger charge is -2.30. The van der Waals surface area contributed by atoms with E-state index >= 15 is 0 Å². The van der Waals surface area contributed by atoms with Gasteiger partial charge in [0, 0.05) is 5.56 Å². The molecule has 2 aliphatic carbocycles. The van der Waals surface area contributed by atoms with Crippen molar-refractivity contribution in [3.05, 3.63) is 112 Å². The van der Waals surface area contributed by atoms with Gasteiger partial charge in [-0.15, -0.1) is 0 Å². The minimum atomic E-state index is -0.588. The third-order valence-corrected chi connectivity index (χ3v) is 6.45. The molecule has 3 heteroatoms. The van der Waals surface area contributed by atoms with E-state index in [4.69, 9.17) is 4.74 Å². The quantitative estimate of drug-likeness (QED) is 0.475. The Kier molecular flexibility index (Phi) is 6.09. The van der Waals surface area contributed by atoms with Crippen molar-refractivity contribution in [1.82, 2.24) is 0 Å². The van der Waals surface area contributed by atoms with Gasteiger partial charge in [-0.25, -0.2) is 4.79 Å². The molecule has 1 unspecified atom stereocenters. The normalized spacial score (nSPS) is 18.2. The van der Waals surface area contributed by atoms with Crippen molar-refractivity contribution in [1.29, 1.82) is 0 Å². The Hall–Kier alpha value is -3.46. The summed E-state index contributed by atoms with van der Waals surface area (Å²) in [6, 6.07) is 23.7. The molecule has 0 fully saturated rings. The summed E-state index contributed by atoms with van der Waals surface area (Å²) >= 11 is 0. The van der Waals surface area contributed by atoms with Crippen molar-refractivity contribution in [3.63, 3.8) is 0 Å². The number of allylic oxidation sites excluding steroid dienone is 1. The van der Waals surface area contributed by atoms with Gasteiger partial charge in [0.1, 0.15) is 0 Å². The maximum atomic E-state index is 13.8. The number of esters is 1. The van der Waals surface area contributed by atoms with Crippen LogP contribution in [0, 0.1) is 5.41 Å². The van der Waals surface area contributed by atoms with Crippen LogP contribution in [0.4, 0.5) is 0 Å². The molecule has 162 valence electrons. The van der Waals surface area contributed by atoms with Gasteiger partial charge in [0.15, 0.2) is 5.78 Å². The molecule has 32 heavy (non-hydrogen) atoms. The monoisotopic (exact) mass is 424 g/mol. The Bertz CT molecular complexity index is 1190. The van der Waals surface area contributed by atoms with Crippen LogP contribution in [-0.2, 0) is 24.0 Å². The summed E-state index contributed by atoms with van der Waals surface area (Å²) in [5, 5.41) is 0. The van der Waals surface area contributed by atoms with E-state index in [2.05, 4.69) is 30.3 Å². The minimum absolute atomic E-state index is 0.203. The Morgan fingerprint density at radius 2 is 1.56 bits per heavy atom. The van der Waals surface area contributed by atoms with E-state index in [-0.39, 0.29) is 11.8 Å². The molecular formula is C29H28O3. The summed E-state index contributed by atoms with van der Waals surface area (Å²) in [6.45, 7) is 4.00. The van der Waals surface area contributed by atoms with Gasteiger partial charge in [-0.05, 0) is 53.6 Å². The molecule has 0 radical (unpaired) electrons. The number of Topliss-reactive ketones (excluding diaryl/α,β-unsaturated/α-hetero) is 1. The van der Waals surface area contributed by atoms with Crippen LogP contribution in [0.3, 0.4) is 0 Å². The highest BCUT2D eigenvalue weighted by atomic mass is 16.5. The highest BCUT2D eigenvalue weighted by Crippen LogP contribution is 2.48. The Balaban J connectivity index is 0.00000119. The fourth-order valence-corrected chi connectivity index (χ4v) is 4.89. The topological polar surface area (TPSA) is 43.4 Å². The van der Waals surface area contributed by atoms with Crippen LogP contribution in [-0.4, -0.2) is 18.9 Å². The largest absolute Gasteiger partial charge is 0.465 e. The molecule has 0 saturated heterocycles. The summed E-state index contributed by atoms with van der Waals surface area (Å²) in [4.78, 5) is 25.6. The molecule has 0 aliphatic heterocycles. The van der Waals surface area contributed by atoms with Gasteiger partial charge in [0.05, 0.1) is 18.1 Å². The molecule has 2 aliphatic rings. The number of ketones is 1. The fourth-order valence-electron chi connectivity index (χ4n) is 4.89. The summed E-state index contributed by atoms with van der Waals surface area (Å²) in [6.07, 6.45) is 4.33. The van der Waals surface area contributed by atoms with Gasteiger partial charge in [0.25, 0.3) is 0 Å². The number of benzene rings is 3. The molecule has 1 atom stereocenters. The number of fused-ring (bicyclic) bond motifs is 2. The Morgan fingerprint density at radius 1 is 0.906 bits per heavy atom. The van der Waals surface area contributed by atoms with Crippen LogP contribution in [0.15, 0.2) is 78.4 Å². The van der Waals surface area contributed by atoms with Crippen LogP contribution in [0.25, 0.3) is 6.08 Å². The maximum Gasteiger partial charge on any atom is 0.337 e. The fraction of sp³-hybridized carbons (Fsp3) is 0.241. The van der Waals surface area contributed by atoms with Crippen molar-refractivity contribution in [2.24, 2.45) is 5.41 Å². The molecule has 0 spiro atoms. The molecule has 0 heterocycles. The first-order valence-electron chi connectivity index (χ1n) is 11.2. The van der Waals surface area contributed by atoms with Crippen LogP contribution in [0.1, 0.15) is 56.8 Å². The van der Waals surface area contributed by atoms with Gasteiger partial charge < -0.3 is 4.74 Å². The summed E-state index contributed by atoms with van der Waals surface area (Å²) in [7, 11) is 1.38. The van der Waals surface area contributed by atoms with E-state index in [1.807, 2.05) is 50.2 Å². The first kappa shape index (κ1) is 21.8. The summed E-state index contributed by atoms with van der Waals surface area (Å²) in [5.74, 6) is -0.149. The van der Waals surface area contributed by atoms with Gasteiger partial charge in [-0.3, -0.25) is 4.79 Å². The standard InChI is InChI=1S/C27H22O3.C2H6/c1-30-26(29)19-12-10-18(11-13-19)16-27(17-22-8-4-5-9-24(22)25(27)28)23-14-20-6-2-3-7-21(20)15-23;1-2/h2-14H,15-17H2,1H3;1-2H3. The molecule has 0 N–H and O–H groups in total. The predicted molar refractivity (Wildman–Crippen MR) is 128 cm³/mol. The molecule has 0 aromatic heterocycles. The van der Waals surface area contributed by atoms with E-state index in [1.165, 1.54) is 23.8 Å². The van der Waals surface area contributed by atoms with E-state index < -0.39 is 5.41 Å². The molecule has 0 saturated carbocycles. The predicted octanol–water partition coefficient (Wildman–Crippen LogP) is 6.11. The van der Waals surface area contributed by atoms with E-state index in [1.54, 1.807) is 12.1 Å². The number of rotatable bonds is 4. The zero-order chi connectivity index (χ0) is 22.7. The SMILES string of the molecule is CC.COC(=O)c1ccc(CC2(C3=Cc4ccccc4C3)Cc3ccccc3C2=O)cc1. The second-order valence-electron chi connectivity index (χ2n) is 8.16. The van der Waals surface area contributed by atoms with Crippen LogP contribution in [0.5, 0.6) is 0 Å². The molecule has 5 rings (SSSR count). The number of carbonyl (C=O) groups is 2. The van der Waals surface area contributed by atoms with Gasteiger partial charge in [-0.1, -0.05) is 86.2 Å². The first-order valence-corrected chi connectivity index (χ1v) is 11.2. The van der Waals surface area contributed by atoms with Crippen molar-refractivity contribution in [2.45, 2.75) is 33.1 Å².